The summed E-state index contributed by atoms with van der Waals surface area (Å²) in [6, 6.07) is 0. The molecule has 0 fully saturated rings. The van der Waals surface area contributed by atoms with E-state index in [4.69, 9.17) is 15.1 Å². The van der Waals surface area contributed by atoms with E-state index < -0.39 is 11.7 Å². The molecule has 3 heterocycles. The topological polar surface area (TPSA) is 134 Å². The van der Waals surface area contributed by atoms with E-state index in [1.54, 1.807) is 33.2 Å². The Morgan fingerprint density at radius 1 is 1.36 bits per heavy atom. The zero-order valence-corrected chi connectivity index (χ0v) is 14.4. The highest BCUT2D eigenvalue weighted by Crippen LogP contribution is 2.30. The van der Waals surface area contributed by atoms with Gasteiger partial charge < -0.3 is 15.0 Å². The molecule has 0 saturated carbocycles. The zero-order valence-electron chi connectivity index (χ0n) is 14.4. The van der Waals surface area contributed by atoms with Gasteiger partial charge in [0.2, 0.25) is 5.82 Å². The van der Waals surface area contributed by atoms with Crippen molar-refractivity contribution in [3.05, 3.63) is 12.4 Å². The first-order chi connectivity index (χ1) is 11.8. The van der Waals surface area contributed by atoms with E-state index in [1.807, 2.05) is 11.5 Å². The largest absolute Gasteiger partial charge is 0.444 e. The molecule has 132 valence electrons. The zero-order chi connectivity index (χ0) is 18.2. The van der Waals surface area contributed by atoms with Crippen LogP contribution in [-0.4, -0.2) is 36.5 Å². The van der Waals surface area contributed by atoms with Crippen molar-refractivity contribution in [3.8, 4) is 11.5 Å². The summed E-state index contributed by atoms with van der Waals surface area (Å²) < 4.78 is 11.9. The third-order valence-electron chi connectivity index (χ3n) is 3.31. The number of pyridine rings is 1. The van der Waals surface area contributed by atoms with Crippen molar-refractivity contribution in [1.29, 1.82) is 0 Å². The van der Waals surface area contributed by atoms with Crippen molar-refractivity contribution < 1.29 is 14.2 Å². The van der Waals surface area contributed by atoms with Crippen LogP contribution in [-0.2, 0) is 11.3 Å². The van der Waals surface area contributed by atoms with E-state index in [9.17, 15) is 4.79 Å². The van der Waals surface area contributed by atoms with Crippen molar-refractivity contribution in [2.24, 2.45) is 0 Å². The number of anilines is 2. The molecule has 0 aliphatic heterocycles. The van der Waals surface area contributed by atoms with E-state index >= 15 is 0 Å². The first-order valence-corrected chi connectivity index (χ1v) is 7.72. The second-order valence-corrected chi connectivity index (χ2v) is 6.36. The number of imidazole rings is 1. The molecule has 0 atom stereocenters. The van der Waals surface area contributed by atoms with Crippen LogP contribution in [0.15, 0.2) is 17.0 Å². The van der Waals surface area contributed by atoms with Gasteiger partial charge in [0.15, 0.2) is 11.5 Å². The first kappa shape index (κ1) is 16.7. The Labute approximate surface area is 143 Å². The molecular formula is C15H19N7O3. The fourth-order valence-corrected chi connectivity index (χ4v) is 2.42. The Kier molecular flexibility index (Phi) is 4.03. The number of hydrogen-bond donors (Lipinski definition) is 2. The van der Waals surface area contributed by atoms with Crippen molar-refractivity contribution in [2.45, 2.75) is 39.8 Å². The molecule has 0 aromatic carbocycles. The third kappa shape index (κ3) is 3.23. The monoisotopic (exact) mass is 345 g/mol. The molecule has 0 unspecified atom stereocenters. The van der Waals surface area contributed by atoms with Gasteiger partial charge in [0.1, 0.15) is 11.1 Å². The minimum Gasteiger partial charge on any atom is -0.444 e. The Hall–Kier alpha value is -3.17. The number of nitrogens with two attached hydrogens (primary N) is 1. The minimum atomic E-state index is -0.662. The summed E-state index contributed by atoms with van der Waals surface area (Å²) in [7, 11) is 0. The van der Waals surface area contributed by atoms with Crippen LogP contribution in [0.25, 0.3) is 22.6 Å². The van der Waals surface area contributed by atoms with Gasteiger partial charge in [0.25, 0.3) is 0 Å². The molecule has 10 heteroatoms. The van der Waals surface area contributed by atoms with E-state index in [0.717, 1.165) is 5.52 Å². The first-order valence-electron chi connectivity index (χ1n) is 7.72. The number of hydrogen-bond acceptors (Lipinski definition) is 8. The van der Waals surface area contributed by atoms with Gasteiger partial charge >= 0.3 is 6.09 Å². The molecule has 0 saturated heterocycles. The van der Waals surface area contributed by atoms with Crippen molar-refractivity contribution in [1.82, 2.24) is 24.8 Å². The maximum absolute atomic E-state index is 12.0. The Morgan fingerprint density at radius 3 is 2.80 bits per heavy atom. The number of rotatable bonds is 3. The number of nitrogen functional groups attached to an aromatic ring is 1. The standard InChI is InChI=1S/C15H19N7O3/c1-5-22-11-8(16)6-17-7-9(11)18-13(22)10-12(21-25-20-10)19-14(23)24-15(2,3)4/h6-7H,5,16H2,1-4H3,(H,19,21,23). The van der Waals surface area contributed by atoms with Crippen molar-refractivity contribution in [3.63, 3.8) is 0 Å². The fourth-order valence-electron chi connectivity index (χ4n) is 2.42. The summed E-state index contributed by atoms with van der Waals surface area (Å²) in [6.45, 7) is 7.82. The number of carbonyl (C=O) groups excluding carboxylic acids is 1. The second-order valence-electron chi connectivity index (χ2n) is 6.36. The summed E-state index contributed by atoms with van der Waals surface area (Å²) in [5.41, 5.74) is 7.50. The lowest BCUT2D eigenvalue weighted by molar-refractivity contribution is 0.0634. The second kappa shape index (κ2) is 6.04. The fraction of sp³-hybridized carbons (Fsp3) is 0.400. The highest BCUT2D eigenvalue weighted by molar-refractivity contribution is 5.92. The summed E-state index contributed by atoms with van der Waals surface area (Å²) >= 11 is 0. The van der Waals surface area contributed by atoms with Crippen LogP contribution in [0.1, 0.15) is 27.7 Å². The van der Waals surface area contributed by atoms with Crippen LogP contribution >= 0.6 is 0 Å². The predicted octanol–water partition coefficient (Wildman–Crippen LogP) is 2.43. The molecule has 25 heavy (non-hydrogen) atoms. The molecule has 10 nitrogen and oxygen atoms in total. The molecule has 0 aliphatic carbocycles. The summed E-state index contributed by atoms with van der Waals surface area (Å²) in [4.78, 5) is 20.5. The lowest BCUT2D eigenvalue weighted by Crippen LogP contribution is -2.27. The number of carbonyl (C=O) groups is 1. The number of aromatic nitrogens is 5. The highest BCUT2D eigenvalue weighted by atomic mass is 16.6. The van der Waals surface area contributed by atoms with Crippen LogP contribution in [0.2, 0.25) is 0 Å². The van der Waals surface area contributed by atoms with Gasteiger partial charge in [-0.25, -0.2) is 14.4 Å². The van der Waals surface area contributed by atoms with Crippen LogP contribution in [0.3, 0.4) is 0 Å². The normalized spacial score (nSPS) is 11.7. The van der Waals surface area contributed by atoms with Crippen LogP contribution in [0.5, 0.6) is 0 Å². The number of ether oxygens (including phenoxy) is 1. The van der Waals surface area contributed by atoms with E-state index in [0.29, 0.717) is 23.6 Å². The molecule has 1 amide bonds. The van der Waals surface area contributed by atoms with Crippen molar-refractivity contribution >= 4 is 28.6 Å². The SMILES string of the molecule is CCn1c(-c2nonc2NC(=O)OC(C)(C)C)nc2cncc(N)c21. The number of fused-ring (bicyclic) bond motifs is 1. The van der Waals surface area contributed by atoms with E-state index in [1.165, 1.54) is 0 Å². The molecule has 0 bridgehead atoms. The minimum absolute atomic E-state index is 0.116. The summed E-state index contributed by atoms with van der Waals surface area (Å²) in [5, 5.41) is 10.1. The molecule has 0 spiro atoms. The van der Waals surface area contributed by atoms with Crippen LogP contribution < -0.4 is 11.1 Å². The van der Waals surface area contributed by atoms with Crippen LogP contribution in [0.4, 0.5) is 16.3 Å². The number of amides is 1. The average molecular weight is 345 g/mol. The van der Waals surface area contributed by atoms with E-state index in [-0.39, 0.29) is 11.5 Å². The number of nitrogens with zero attached hydrogens (tertiary/aromatic N) is 5. The molecule has 3 aromatic rings. The van der Waals surface area contributed by atoms with Gasteiger partial charge in [0.05, 0.1) is 23.6 Å². The lowest BCUT2D eigenvalue weighted by atomic mass is 10.2. The third-order valence-corrected chi connectivity index (χ3v) is 3.31. The molecule has 0 radical (unpaired) electrons. The Bertz CT molecular complexity index is 923. The Balaban J connectivity index is 2.02. The smallest absolute Gasteiger partial charge is 0.413 e. The molecule has 3 aromatic heterocycles. The molecule has 3 N–H and O–H groups in total. The predicted molar refractivity (Wildman–Crippen MR) is 90.8 cm³/mol. The van der Waals surface area contributed by atoms with Gasteiger partial charge in [-0.05, 0) is 38.0 Å². The maximum atomic E-state index is 12.0. The van der Waals surface area contributed by atoms with Gasteiger partial charge in [-0.2, -0.15) is 0 Å². The molecule has 0 aliphatic rings. The lowest BCUT2D eigenvalue weighted by Gasteiger charge is -2.19. The number of nitrogens with one attached hydrogen (secondary N) is 1. The van der Waals surface area contributed by atoms with Gasteiger partial charge in [-0.3, -0.25) is 10.3 Å². The summed E-state index contributed by atoms with van der Waals surface area (Å²) in [6.07, 6.45) is 2.50. The quantitative estimate of drug-likeness (QED) is 0.739. The maximum Gasteiger partial charge on any atom is 0.413 e. The van der Waals surface area contributed by atoms with Gasteiger partial charge in [0, 0.05) is 6.54 Å². The Morgan fingerprint density at radius 2 is 2.12 bits per heavy atom. The highest BCUT2D eigenvalue weighted by Gasteiger charge is 2.24. The van der Waals surface area contributed by atoms with Gasteiger partial charge in [-0.1, -0.05) is 0 Å². The molecule has 3 rings (SSSR count). The van der Waals surface area contributed by atoms with E-state index in [2.05, 4.69) is 25.6 Å². The van der Waals surface area contributed by atoms with Gasteiger partial charge in [-0.15, -0.1) is 0 Å². The average Bonchev–Trinajstić information content (AvgIpc) is 3.09. The molecular weight excluding hydrogens is 326 g/mol. The van der Waals surface area contributed by atoms with Crippen LogP contribution in [0, 0.1) is 0 Å². The number of aryl methyl sites for hydroxylation is 1. The summed E-state index contributed by atoms with van der Waals surface area (Å²) in [5.74, 6) is 0.579. The van der Waals surface area contributed by atoms with Crippen molar-refractivity contribution in [2.75, 3.05) is 11.1 Å².